The fourth-order valence-corrected chi connectivity index (χ4v) is 1.76. The second-order valence-electron chi connectivity index (χ2n) is 5.83. The van der Waals surface area contributed by atoms with Gasteiger partial charge in [-0.2, -0.15) is 0 Å². The molecule has 1 aromatic carbocycles. The zero-order chi connectivity index (χ0) is 15.3. The summed E-state index contributed by atoms with van der Waals surface area (Å²) in [6.45, 7) is 7.39. The molecule has 0 aromatic heterocycles. The summed E-state index contributed by atoms with van der Waals surface area (Å²) in [4.78, 5) is 11.7. The van der Waals surface area contributed by atoms with Crippen LogP contribution in [0, 0.1) is 0 Å². The molecule has 20 heavy (non-hydrogen) atoms. The molecule has 0 spiro atoms. The predicted octanol–water partition coefficient (Wildman–Crippen LogP) is 2.93. The maximum Gasteiger partial charge on any atom is 0.412 e. The van der Waals surface area contributed by atoms with Crippen LogP contribution in [0.5, 0.6) is 5.75 Å². The highest BCUT2D eigenvalue weighted by Crippen LogP contribution is 2.24. The van der Waals surface area contributed by atoms with Crippen LogP contribution in [0.15, 0.2) is 18.2 Å². The zero-order valence-corrected chi connectivity index (χ0v) is 12.8. The summed E-state index contributed by atoms with van der Waals surface area (Å²) in [5, 5.41) is 2.68. The first-order valence-electron chi connectivity index (χ1n) is 6.64. The monoisotopic (exact) mass is 280 g/mol. The minimum atomic E-state index is -0.525. The Balaban J connectivity index is 2.80. The third-order valence-corrected chi connectivity index (χ3v) is 2.47. The molecule has 0 aliphatic heterocycles. The molecule has 0 bridgehead atoms. The van der Waals surface area contributed by atoms with Crippen molar-refractivity contribution in [2.45, 2.75) is 45.8 Å². The number of carbonyl (C=O) groups is 1. The molecule has 0 aliphatic carbocycles. The van der Waals surface area contributed by atoms with Gasteiger partial charge in [0.1, 0.15) is 11.4 Å². The fraction of sp³-hybridized carbons (Fsp3) is 0.533. The van der Waals surface area contributed by atoms with Crippen molar-refractivity contribution in [2.75, 3.05) is 12.4 Å². The predicted molar refractivity (Wildman–Crippen MR) is 80.2 cm³/mol. The van der Waals surface area contributed by atoms with Crippen LogP contribution in [0.1, 0.15) is 33.3 Å². The van der Waals surface area contributed by atoms with E-state index in [2.05, 4.69) is 5.32 Å². The van der Waals surface area contributed by atoms with Gasteiger partial charge in [0.05, 0.1) is 7.11 Å². The van der Waals surface area contributed by atoms with Crippen molar-refractivity contribution in [3.63, 3.8) is 0 Å². The molecule has 0 heterocycles. The Morgan fingerprint density at radius 1 is 1.40 bits per heavy atom. The smallest absolute Gasteiger partial charge is 0.412 e. The highest BCUT2D eigenvalue weighted by Gasteiger charge is 2.16. The Labute approximate surface area is 120 Å². The highest BCUT2D eigenvalue weighted by atomic mass is 16.6. The van der Waals surface area contributed by atoms with Crippen molar-refractivity contribution in [1.82, 2.24) is 0 Å². The SMILES string of the molecule is COc1cc(NC(=O)OC(C)(C)C)ccc1C[C@H](C)N. The molecule has 0 saturated carbocycles. The lowest BCUT2D eigenvalue weighted by molar-refractivity contribution is 0.0636. The van der Waals surface area contributed by atoms with Crippen molar-refractivity contribution in [3.8, 4) is 5.75 Å². The van der Waals surface area contributed by atoms with E-state index in [1.807, 2.05) is 39.8 Å². The van der Waals surface area contributed by atoms with Crippen molar-refractivity contribution >= 4 is 11.8 Å². The minimum absolute atomic E-state index is 0.0496. The Kier molecular flexibility index (Phi) is 5.39. The van der Waals surface area contributed by atoms with Gasteiger partial charge in [0.25, 0.3) is 0 Å². The molecule has 1 aromatic rings. The second-order valence-corrected chi connectivity index (χ2v) is 5.83. The number of carbonyl (C=O) groups excluding carboxylic acids is 1. The molecule has 5 nitrogen and oxygen atoms in total. The Bertz CT molecular complexity index is 465. The Morgan fingerprint density at radius 2 is 2.05 bits per heavy atom. The van der Waals surface area contributed by atoms with Gasteiger partial charge in [-0.15, -0.1) is 0 Å². The minimum Gasteiger partial charge on any atom is -0.496 e. The number of benzene rings is 1. The number of anilines is 1. The quantitative estimate of drug-likeness (QED) is 0.889. The van der Waals surface area contributed by atoms with Crippen LogP contribution in [0.4, 0.5) is 10.5 Å². The van der Waals surface area contributed by atoms with Crippen molar-refractivity contribution in [1.29, 1.82) is 0 Å². The maximum atomic E-state index is 11.7. The Hall–Kier alpha value is -1.75. The topological polar surface area (TPSA) is 73.6 Å². The van der Waals surface area contributed by atoms with Gasteiger partial charge in [-0.25, -0.2) is 4.79 Å². The van der Waals surface area contributed by atoms with Gasteiger partial charge >= 0.3 is 6.09 Å². The number of methoxy groups -OCH3 is 1. The van der Waals surface area contributed by atoms with Crippen molar-refractivity contribution < 1.29 is 14.3 Å². The van der Waals surface area contributed by atoms with E-state index in [9.17, 15) is 4.79 Å². The van der Waals surface area contributed by atoms with E-state index in [4.69, 9.17) is 15.2 Å². The number of ether oxygens (including phenoxy) is 2. The van der Waals surface area contributed by atoms with Crippen LogP contribution >= 0.6 is 0 Å². The van der Waals surface area contributed by atoms with Crippen molar-refractivity contribution in [2.24, 2.45) is 5.73 Å². The van der Waals surface area contributed by atoms with Gasteiger partial charge in [-0.3, -0.25) is 5.32 Å². The maximum absolute atomic E-state index is 11.7. The number of hydrogen-bond donors (Lipinski definition) is 2. The van der Waals surface area contributed by atoms with E-state index in [0.717, 1.165) is 12.0 Å². The van der Waals surface area contributed by atoms with E-state index < -0.39 is 11.7 Å². The first-order chi connectivity index (χ1) is 9.21. The van der Waals surface area contributed by atoms with E-state index in [-0.39, 0.29) is 6.04 Å². The van der Waals surface area contributed by atoms with Crippen LogP contribution in [0.25, 0.3) is 0 Å². The van der Waals surface area contributed by atoms with Gasteiger partial charge < -0.3 is 15.2 Å². The molecule has 112 valence electrons. The van der Waals surface area contributed by atoms with Crippen molar-refractivity contribution in [3.05, 3.63) is 23.8 Å². The summed E-state index contributed by atoms with van der Waals surface area (Å²) in [5.41, 5.74) is 6.91. The lowest BCUT2D eigenvalue weighted by Crippen LogP contribution is -2.27. The van der Waals surface area contributed by atoms with E-state index in [1.165, 1.54) is 0 Å². The molecule has 0 radical (unpaired) electrons. The van der Waals surface area contributed by atoms with Crippen LogP contribution in [-0.2, 0) is 11.2 Å². The molecule has 0 aliphatic rings. The second kappa shape index (κ2) is 6.61. The molecule has 0 unspecified atom stereocenters. The summed E-state index contributed by atoms with van der Waals surface area (Å²) < 4.78 is 10.5. The van der Waals surface area contributed by atoms with Crippen LogP contribution in [0.2, 0.25) is 0 Å². The third kappa shape index (κ3) is 5.48. The van der Waals surface area contributed by atoms with E-state index in [0.29, 0.717) is 11.4 Å². The summed E-state index contributed by atoms with van der Waals surface area (Å²) in [6.07, 6.45) is 0.232. The highest BCUT2D eigenvalue weighted by molar-refractivity contribution is 5.85. The summed E-state index contributed by atoms with van der Waals surface area (Å²) in [5.74, 6) is 0.704. The van der Waals surface area contributed by atoms with E-state index in [1.54, 1.807) is 13.2 Å². The first-order valence-corrected chi connectivity index (χ1v) is 6.64. The van der Waals surface area contributed by atoms with Crippen LogP contribution in [-0.4, -0.2) is 24.8 Å². The molecule has 0 fully saturated rings. The van der Waals surface area contributed by atoms with Gasteiger partial charge in [0.15, 0.2) is 0 Å². The number of nitrogens with one attached hydrogen (secondary N) is 1. The van der Waals surface area contributed by atoms with Gasteiger partial charge in [0, 0.05) is 17.8 Å². The van der Waals surface area contributed by atoms with Crippen LogP contribution in [0.3, 0.4) is 0 Å². The Morgan fingerprint density at radius 3 is 2.55 bits per heavy atom. The fourth-order valence-electron chi connectivity index (χ4n) is 1.76. The largest absolute Gasteiger partial charge is 0.496 e. The average molecular weight is 280 g/mol. The van der Waals surface area contributed by atoms with Gasteiger partial charge in [-0.05, 0) is 45.7 Å². The molecule has 1 amide bonds. The normalized spacial score (nSPS) is 12.7. The number of rotatable bonds is 4. The van der Waals surface area contributed by atoms with Gasteiger partial charge in [-0.1, -0.05) is 6.07 Å². The summed E-state index contributed by atoms with van der Waals surface area (Å²) >= 11 is 0. The molecule has 5 heteroatoms. The molecule has 1 rings (SSSR count). The standard InChI is InChI=1S/C15H24N2O3/c1-10(16)8-11-6-7-12(9-13(11)19-5)17-14(18)20-15(2,3)4/h6-7,9-10H,8,16H2,1-5H3,(H,17,18)/t10-/m0/s1. The number of nitrogens with two attached hydrogens (primary N) is 1. The molecule has 1 atom stereocenters. The molecular formula is C15H24N2O3. The molecule has 0 saturated heterocycles. The van der Waals surface area contributed by atoms with Gasteiger partial charge in [0.2, 0.25) is 0 Å². The number of amides is 1. The van der Waals surface area contributed by atoms with Crippen LogP contribution < -0.4 is 15.8 Å². The summed E-state index contributed by atoms with van der Waals surface area (Å²) in [7, 11) is 1.59. The first kappa shape index (κ1) is 16.3. The third-order valence-electron chi connectivity index (χ3n) is 2.47. The average Bonchev–Trinajstić information content (AvgIpc) is 2.27. The number of hydrogen-bond acceptors (Lipinski definition) is 4. The lowest BCUT2D eigenvalue weighted by Gasteiger charge is -2.20. The molecular weight excluding hydrogens is 256 g/mol. The zero-order valence-electron chi connectivity index (χ0n) is 12.8. The lowest BCUT2D eigenvalue weighted by atomic mass is 10.1. The summed E-state index contributed by atoms with van der Waals surface area (Å²) in [6, 6.07) is 5.52. The van der Waals surface area contributed by atoms with E-state index >= 15 is 0 Å². The molecule has 3 N–H and O–H groups in total.